The van der Waals surface area contributed by atoms with E-state index in [1.807, 2.05) is 6.26 Å². The molecule has 6 nitrogen and oxygen atoms in total. The average Bonchev–Trinajstić information content (AvgIpc) is 2.76. The van der Waals surface area contributed by atoms with Crippen LogP contribution in [0.4, 0.5) is 0 Å². The van der Waals surface area contributed by atoms with Gasteiger partial charge in [-0.1, -0.05) is 18.2 Å². The number of hydrogen-bond acceptors (Lipinski definition) is 6. The molecule has 0 atom stereocenters. The van der Waals surface area contributed by atoms with Crippen LogP contribution in [-0.2, 0) is 0 Å². The summed E-state index contributed by atoms with van der Waals surface area (Å²) in [4.78, 5) is 17.7. The molecule has 2 aromatic heterocycles. The van der Waals surface area contributed by atoms with Crippen molar-refractivity contribution < 1.29 is 9.94 Å². The van der Waals surface area contributed by atoms with Crippen molar-refractivity contribution in [1.82, 2.24) is 9.71 Å². The zero-order chi connectivity index (χ0) is 19.8. The van der Waals surface area contributed by atoms with E-state index in [-0.39, 0.29) is 5.39 Å². The summed E-state index contributed by atoms with van der Waals surface area (Å²) in [7, 11) is 1.58. The van der Waals surface area contributed by atoms with Gasteiger partial charge in [0.25, 0.3) is 5.56 Å². The van der Waals surface area contributed by atoms with Crippen LogP contribution >= 0.6 is 11.8 Å². The van der Waals surface area contributed by atoms with E-state index in [0.29, 0.717) is 48.6 Å². The number of hydrogen-bond donors (Lipinski definition) is 1. The molecular formula is C21H15N3O3S. The first-order valence-electron chi connectivity index (χ1n) is 8.40. The second-order valence-corrected chi connectivity index (χ2v) is 6.86. The van der Waals surface area contributed by atoms with Gasteiger partial charge in [0, 0.05) is 16.3 Å². The first kappa shape index (κ1) is 17.9. The van der Waals surface area contributed by atoms with Gasteiger partial charge in [0.1, 0.15) is 16.8 Å². The maximum atomic E-state index is 13.1. The van der Waals surface area contributed by atoms with E-state index in [9.17, 15) is 15.3 Å². The molecule has 0 saturated carbocycles. The molecule has 138 valence electrons. The lowest BCUT2D eigenvalue weighted by molar-refractivity contribution is 0.190. The minimum atomic E-state index is -0.615. The molecule has 4 rings (SSSR count). The van der Waals surface area contributed by atoms with Gasteiger partial charge in [0.2, 0.25) is 0 Å². The van der Waals surface area contributed by atoms with Crippen LogP contribution in [0.1, 0.15) is 5.56 Å². The van der Waals surface area contributed by atoms with E-state index >= 15 is 0 Å². The number of rotatable bonds is 3. The van der Waals surface area contributed by atoms with Gasteiger partial charge >= 0.3 is 0 Å². The molecule has 0 aliphatic rings. The molecule has 0 unspecified atom stereocenters. The lowest BCUT2D eigenvalue weighted by Gasteiger charge is -2.14. The predicted molar refractivity (Wildman–Crippen MR) is 109 cm³/mol. The molecule has 0 fully saturated rings. The largest absolute Gasteiger partial charge is 0.497 e. The van der Waals surface area contributed by atoms with Gasteiger partial charge in [0.05, 0.1) is 29.3 Å². The zero-order valence-electron chi connectivity index (χ0n) is 15.1. The number of ether oxygens (including phenoxy) is 1. The molecular weight excluding hydrogens is 374 g/mol. The van der Waals surface area contributed by atoms with Gasteiger partial charge in [-0.15, -0.1) is 16.5 Å². The third kappa shape index (κ3) is 2.58. The Morgan fingerprint density at radius 2 is 1.86 bits per heavy atom. The van der Waals surface area contributed by atoms with Crippen LogP contribution < -0.4 is 10.3 Å². The summed E-state index contributed by atoms with van der Waals surface area (Å²) >= 11 is 1.34. The summed E-state index contributed by atoms with van der Waals surface area (Å²) in [5.74, 6) is 0.678. The Labute approximate surface area is 164 Å². The molecule has 28 heavy (non-hydrogen) atoms. The van der Waals surface area contributed by atoms with Crippen LogP contribution in [0.25, 0.3) is 32.9 Å². The van der Waals surface area contributed by atoms with Crippen molar-refractivity contribution in [3.05, 3.63) is 64.4 Å². The number of benzene rings is 2. The molecule has 0 spiro atoms. The Bertz CT molecular complexity index is 1320. The molecule has 0 aliphatic carbocycles. The third-order valence-corrected chi connectivity index (χ3v) is 5.32. The van der Waals surface area contributed by atoms with Crippen molar-refractivity contribution in [2.45, 2.75) is 5.03 Å². The number of nitrogens with zero attached hydrogens (tertiary/aromatic N) is 3. The number of para-hydroxylation sites is 1. The van der Waals surface area contributed by atoms with Gasteiger partial charge in [0.15, 0.2) is 0 Å². The van der Waals surface area contributed by atoms with Crippen LogP contribution in [-0.4, -0.2) is 28.3 Å². The summed E-state index contributed by atoms with van der Waals surface area (Å²) in [6.07, 6.45) is 1.84. The average molecular weight is 389 g/mol. The summed E-state index contributed by atoms with van der Waals surface area (Å²) in [5.41, 5.74) is 1.16. The highest BCUT2D eigenvalue weighted by molar-refractivity contribution is 7.98. The number of fused-ring (bicyclic) bond motifs is 3. The number of pyridine rings is 2. The molecule has 2 aromatic carbocycles. The van der Waals surface area contributed by atoms with Gasteiger partial charge < -0.3 is 9.94 Å². The predicted octanol–water partition coefficient (Wildman–Crippen LogP) is 4.06. The number of thioether (sulfide) groups is 1. The van der Waals surface area contributed by atoms with Crippen LogP contribution in [0.3, 0.4) is 0 Å². The zero-order valence-corrected chi connectivity index (χ0v) is 15.9. The van der Waals surface area contributed by atoms with Crippen molar-refractivity contribution in [3.8, 4) is 23.1 Å². The molecule has 1 N–H and O–H groups in total. The van der Waals surface area contributed by atoms with Crippen molar-refractivity contribution in [1.29, 1.82) is 5.26 Å². The lowest BCUT2D eigenvalue weighted by Crippen LogP contribution is -2.20. The van der Waals surface area contributed by atoms with Gasteiger partial charge in [-0.05, 0) is 36.6 Å². The van der Waals surface area contributed by atoms with Gasteiger partial charge in [-0.25, -0.2) is 4.98 Å². The summed E-state index contributed by atoms with van der Waals surface area (Å²) in [6.45, 7) is 0. The summed E-state index contributed by atoms with van der Waals surface area (Å²) in [6, 6.07) is 16.3. The van der Waals surface area contributed by atoms with E-state index in [1.54, 1.807) is 55.6 Å². The van der Waals surface area contributed by atoms with Crippen molar-refractivity contribution >= 4 is 33.4 Å². The first-order valence-corrected chi connectivity index (χ1v) is 9.62. The molecule has 2 heterocycles. The minimum Gasteiger partial charge on any atom is -0.497 e. The fraction of sp³-hybridized carbons (Fsp3) is 0.0952. The van der Waals surface area contributed by atoms with Crippen LogP contribution in [0.5, 0.6) is 5.75 Å². The van der Waals surface area contributed by atoms with E-state index in [4.69, 9.17) is 4.74 Å². The molecule has 0 saturated heterocycles. The quantitative estimate of drug-likeness (QED) is 0.323. The Morgan fingerprint density at radius 1 is 1.14 bits per heavy atom. The third-order valence-electron chi connectivity index (χ3n) is 4.64. The standard InChI is InChI=1S/C21H15N3O3S/c1-27-13-9-7-12(8-10-13)19-18-17(15(11-22)20(23-19)28-2)14-5-3-4-6-16(14)24(26)21(18)25/h3-10,26H,1-2H3. The van der Waals surface area contributed by atoms with Crippen molar-refractivity contribution in [2.75, 3.05) is 13.4 Å². The molecule has 7 heteroatoms. The highest BCUT2D eigenvalue weighted by Gasteiger charge is 2.22. The van der Waals surface area contributed by atoms with E-state index in [2.05, 4.69) is 11.1 Å². The van der Waals surface area contributed by atoms with Crippen LogP contribution in [0.2, 0.25) is 0 Å². The Kier molecular flexibility index (Phi) is 4.41. The normalized spacial score (nSPS) is 10.9. The molecule has 0 bridgehead atoms. The van der Waals surface area contributed by atoms with Crippen LogP contribution in [0, 0.1) is 11.3 Å². The van der Waals surface area contributed by atoms with E-state index < -0.39 is 5.56 Å². The fourth-order valence-corrected chi connectivity index (χ4v) is 3.87. The highest BCUT2D eigenvalue weighted by Crippen LogP contribution is 2.36. The van der Waals surface area contributed by atoms with Crippen molar-refractivity contribution in [2.24, 2.45) is 0 Å². The fourth-order valence-electron chi connectivity index (χ4n) is 3.34. The minimum absolute atomic E-state index is 0.209. The van der Waals surface area contributed by atoms with Crippen molar-refractivity contribution in [3.63, 3.8) is 0 Å². The molecule has 0 radical (unpaired) electrons. The maximum absolute atomic E-state index is 13.1. The Balaban J connectivity index is 2.26. The molecule has 4 aromatic rings. The summed E-state index contributed by atoms with van der Waals surface area (Å²) < 4.78 is 5.82. The highest BCUT2D eigenvalue weighted by atomic mass is 32.2. The van der Waals surface area contributed by atoms with Gasteiger partial charge in [-0.2, -0.15) is 5.26 Å². The Hall–Kier alpha value is -3.50. The van der Waals surface area contributed by atoms with E-state index in [0.717, 1.165) is 0 Å². The van der Waals surface area contributed by atoms with Crippen LogP contribution in [0.15, 0.2) is 58.4 Å². The first-order chi connectivity index (χ1) is 13.6. The number of aromatic nitrogens is 2. The number of nitriles is 1. The second kappa shape index (κ2) is 6.91. The Morgan fingerprint density at radius 3 is 2.50 bits per heavy atom. The smallest absolute Gasteiger partial charge is 0.293 e. The monoisotopic (exact) mass is 389 g/mol. The summed E-state index contributed by atoms with van der Waals surface area (Å²) in [5, 5.41) is 22.1. The van der Waals surface area contributed by atoms with E-state index in [1.165, 1.54) is 11.8 Å². The number of methoxy groups -OCH3 is 1. The molecule has 0 aliphatic heterocycles. The maximum Gasteiger partial charge on any atom is 0.293 e. The SMILES string of the molecule is COc1ccc(-c2nc(SC)c(C#N)c3c2c(=O)n(O)c2ccccc32)cc1. The van der Waals surface area contributed by atoms with Gasteiger partial charge in [-0.3, -0.25) is 4.79 Å². The second-order valence-electron chi connectivity index (χ2n) is 6.07. The molecule has 0 amide bonds. The topological polar surface area (TPSA) is 88.1 Å². The lowest BCUT2D eigenvalue weighted by atomic mass is 9.98.